The van der Waals surface area contributed by atoms with Crippen LogP contribution in [0, 0.1) is 20.8 Å². The summed E-state index contributed by atoms with van der Waals surface area (Å²) in [6.07, 6.45) is 0.478. The Hall–Kier alpha value is -3.75. The summed E-state index contributed by atoms with van der Waals surface area (Å²) in [4.78, 5) is 28.1. The number of hydrogen-bond donors (Lipinski definition) is 1. The van der Waals surface area contributed by atoms with Crippen LogP contribution in [0.25, 0.3) is 10.9 Å². The number of benzene rings is 3. The largest absolute Gasteiger partial charge is 0.462 e. The molecule has 0 atom stereocenters. The van der Waals surface area contributed by atoms with E-state index in [4.69, 9.17) is 4.74 Å². The number of esters is 1. The predicted molar refractivity (Wildman–Crippen MR) is 149 cm³/mol. The summed E-state index contributed by atoms with van der Waals surface area (Å²) >= 11 is 0. The summed E-state index contributed by atoms with van der Waals surface area (Å²) in [7, 11) is -3.99. The zero-order valence-corrected chi connectivity index (χ0v) is 22.9. The molecule has 0 aliphatic rings. The third-order valence-corrected chi connectivity index (χ3v) is 8.31. The number of aryl methyl sites for hydroxylation is 3. The molecule has 1 N–H and O–H groups in total. The van der Waals surface area contributed by atoms with E-state index < -0.39 is 16.0 Å². The molecule has 4 aromatic rings. The van der Waals surface area contributed by atoms with E-state index in [1.165, 1.54) is 28.6 Å². The number of aromatic amines is 1. The molecule has 8 heteroatoms. The van der Waals surface area contributed by atoms with Gasteiger partial charge in [0.25, 0.3) is 5.56 Å². The second-order valence-electron chi connectivity index (χ2n) is 9.49. The fraction of sp³-hybridized carbons (Fsp3) is 0.267. The minimum atomic E-state index is -3.99. The molecule has 0 saturated heterocycles. The molecule has 0 fully saturated rings. The number of nitrogens with zero attached hydrogens (tertiary/aromatic N) is 1. The molecule has 0 spiro atoms. The Labute approximate surface area is 223 Å². The standard InChI is InChI=1S/C30H32N2O5S/c1-5-37-30(34)24-9-11-27(12-10-24)38(35,36)32(14-13-23-8-6-7-20(2)16-23)19-26-18-25-17-21(3)15-22(4)28(25)31-29(26)33/h6-12,15-18H,5,13-14,19H2,1-4H3,(H,31,33). The first-order valence-electron chi connectivity index (χ1n) is 12.5. The van der Waals surface area contributed by atoms with E-state index in [0.717, 1.165) is 33.2 Å². The van der Waals surface area contributed by atoms with E-state index in [-0.39, 0.29) is 35.7 Å². The zero-order valence-electron chi connectivity index (χ0n) is 22.1. The Morgan fingerprint density at radius 2 is 1.68 bits per heavy atom. The van der Waals surface area contributed by atoms with Gasteiger partial charge in [-0.2, -0.15) is 4.31 Å². The van der Waals surface area contributed by atoms with Crippen molar-refractivity contribution in [1.82, 2.24) is 9.29 Å². The van der Waals surface area contributed by atoms with Crippen LogP contribution < -0.4 is 5.56 Å². The molecule has 1 aromatic heterocycles. The molecule has 0 radical (unpaired) electrons. The van der Waals surface area contributed by atoms with Crippen molar-refractivity contribution in [3.8, 4) is 0 Å². The van der Waals surface area contributed by atoms with Gasteiger partial charge in [0.05, 0.1) is 22.6 Å². The summed E-state index contributed by atoms with van der Waals surface area (Å²) < 4.78 is 34.0. The van der Waals surface area contributed by atoms with E-state index in [1.807, 2.05) is 57.2 Å². The highest BCUT2D eigenvalue weighted by Gasteiger charge is 2.26. The highest BCUT2D eigenvalue weighted by molar-refractivity contribution is 7.89. The molecule has 0 bridgehead atoms. The molecule has 7 nitrogen and oxygen atoms in total. The third kappa shape index (κ3) is 6.03. The molecule has 4 rings (SSSR count). The maximum absolute atomic E-state index is 13.8. The number of aromatic nitrogens is 1. The first-order chi connectivity index (χ1) is 18.1. The Morgan fingerprint density at radius 3 is 2.37 bits per heavy atom. The molecular weight excluding hydrogens is 500 g/mol. The van der Waals surface area contributed by atoms with Gasteiger partial charge < -0.3 is 9.72 Å². The first kappa shape index (κ1) is 27.3. The number of ether oxygens (including phenoxy) is 1. The molecule has 0 amide bonds. The Morgan fingerprint density at radius 1 is 0.947 bits per heavy atom. The van der Waals surface area contributed by atoms with Crippen LogP contribution in [0.2, 0.25) is 0 Å². The quantitative estimate of drug-likeness (QED) is 0.304. The fourth-order valence-electron chi connectivity index (χ4n) is 4.57. The number of carbonyl (C=O) groups is 1. The van der Waals surface area contributed by atoms with Crippen molar-refractivity contribution in [2.45, 2.75) is 45.6 Å². The summed E-state index contributed by atoms with van der Waals surface area (Å²) in [6.45, 7) is 7.92. The number of fused-ring (bicyclic) bond motifs is 1. The van der Waals surface area contributed by atoms with Gasteiger partial charge in [0.15, 0.2) is 0 Å². The van der Waals surface area contributed by atoms with Crippen LogP contribution in [0.5, 0.6) is 0 Å². The van der Waals surface area contributed by atoms with E-state index in [1.54, 1.807) is 13.0 Å². The Kier molecular flexibility index (Phi) is 8.14. The summed E-state index contributed by atoms with van der Waals surface area (Å²) in [5.74, 6) is -0.513. The van der Waals surface area contributed by atoms with Crippen molar-refractivity contribution < 1.29 is 17.9 Å². The van der Waals surface area contributed by atoms with Crippen molar-refractivity contribution in [2.24, 2.45) is 0 Å². The van der Waals surface area contributed by atoms with Crippen molar-refractivity contribution >= 4 is 26.9 Å². The van der Waals surface area contributed by atoms with Gasteiger partial charge >= 0.3 is 5.97 Å². The molecule has 38 heavy (non-hydrogen) atoms. The van der Waals surface area contributed by atoms with Crippen LogP contribution in [-0.2, 0) is 27.7 Å². The average molecular weight is 533 g/mol. The lowest BCUT2D eigenvalue weighted by molar-refractivity contribution is 0.0526. The van der Waals surface area contributed by atoms with Crippen molar-refractivity contribution in [2.75, 3.05) is 13.2 Å². The minimum absolute atomic E-state index is 0.0405. The summed E-state index contributed by atoms with van der Waals surface area (Å²) in [6, 6.07) is 19.3. The molecule has 198 valence electrons. The van der Waals surface area contributed by atoms with Gasteiger partial charge in [0, 0.05) is 18.7 Å². The van der Waals surface area contributed by atoms with Crippen molar-refractivity contribution in [1.29, 1.82) is 0 Å². The number of sulfonamides is 1. The van der Waals surface area contributed by atoms with Gasteiger partial charge in [-0.25, -0.2) is 13.2 Å². The van der Waals surface area contributed by atoms with Crippen LogP contribution in [0.15, 0.2) is 76.4 Å². The first-order valence-corrected chi connectivity index (χ1v) is 14.0. The molecule has 0 saturated carbocycles. The second-order valence-corrected chi connectivity index (χ2v) is 11.4. The number of carbonyl (C=O) groups excluding carboxylic acids is 1. The minimum Gasteiger partial charge on any atom is -0.462 e. The topological polar surface area (TPSA) is 96.5 Å². The predicted octanol–water partition coefficient (Wildman–Crippen LogP) is 5.06. The van der Waals surface area contributed by atoms with Crippen LogP contribution in [-0.4, -0.2) is 36.8 Å². The average Bonchev–Trinajstić information content (AvgIpc) is 2.87. The maximum atomic E-state index is 13.8. The normalized spacial score (nSPS) is 11.7. The smallest absolute Gasteiger partial charge is 0.338 e. The lowest BCUT2D eigenvalue weighted by Crippen LogP contribution is -2.34. The molecule has 1 heterocycles. The van der Waals surface area contributed by atoms with E-state index in [2.05, 4.69) is 4.98 Å². The lowest BCUT2D eigenvalue weighted by atomic mass is 10.1. The zero-order chi connectivity index (χ0) is 27.4. The van der Waals surface area contributed by atoms with Gasteiger partial charge in [0.2, 0.25) is 10.0 Å². The van der Waals surface area contributed by atoms with Crippen LogP contribution in [0.1, 0.15) is 45.1 Å². The second kappa shape index (κ2) is 11.3. The number of nitrogens with one attached hydrogen (secondary N) is 1. The highest BCUT2D eigenvalue weighted by Crippen LogP contribution is 2.22. The maximum Gasteiger partial charge on any atom is 0.338 e. The monoisotopic (exact) mass is 532 g/mol. The Bertz CT molecular complexity index is 1640. The SMILES string of the molecule is CCOC(=O)c1ccc(S(=O)(=O)N(CCc2cccc(C)c2)Cc2cc3cc(C)cc(C)c3[nH]c2=O)cc1. The van der Waals surface area contributed by atoms with Crippen molar-refractivity contribution in [3.05, 3.63) is 110 Å². The van der Waals surface area contributed by atoms with Gasteiger partial charge in [-0.05, 0) is 87.0 Å². The van der Waals surface area contributed by atoms with Gasteiger partial charge in [-0.3, -0.25) is 4.79 Å². The number of hydrogen-bond acceptors (Lipinski definition) is 5. The van der Waals surface area contributed by atoms with Gasteiger partial charge in [-0.1, -0.05) is 41.5 Å². The molecule has 0 unspecified atom stereocenters. The number of H-pyrrole nitrogens is 1. The number of pyridine rings is 1. The summed E-state index contributed by atoms with van der Waals surface area (Å²) in [5, 5.41) is 0.854. The van der Waals surface area contributed by atoms with Crippen LogP contribution >= 0.6 is 0 Å². The Balaban J connectivity index is 1.71. The summed E-state index contributed by atoms with van der Waals surface area (Å²) in [5.41, 5.74) is 5.15. The molecule has 0 aliphatic heterocycles. The molecule has 0 aliphatic carbocycles. The third-order valence-electron chi connectivity index (χ3n) is 6.45. The van der Waals surface area contributed by atoms with Crippen molar-refractivity contribution in [3.63, 3.8) is 0 Å². The number of rotatable bonds is 9. The van der Waals surface area contributed by atoms with E-state index in [0.29, 0.717) is 12.0 Å². The molecule has 3 aromatic carbocycles. The van der Waals surface area contributed by atoms with Crippen LogP contribution in [0.4, 0.5) is 0 Å². The van der Waals surface area contributed by atoms with Gasteiger partial charge in [-0.15, -0.1) is 0 Å². The fourth-order valence-corrected chi connectivity index (χ4v) is 5.99. The highest BCUT2D eigenvalue weighted by atomic mass is 32.2. The van der Waals surface area contributed by atoms with Gasteiger partial charge in [0.1, 0.15) is 0 Å². The van der Waals surface area contributed by atoms with E-state index >= 15 is 0 Å². The molecular formula is C30H32N2O5S. The van der Waals surface area contributed by atoms with Crippen LogP contribution in [0.3, 0.4) is 0 Å². The lowest BCUT2D eigenvalue weighted by Gasteiger charge is -2.23. The van der Waals surface area contributed by atoms with E-state index in [9.17, 15) is 18.0 Å².